The second-order valence-electron chi connectivity index (χ2n) is 6.34. The van der Waals surface area contributed by atoms with Crippen LogP contribution in [0.4, 0.5) is 0 Å². The molecule has 0 fully saturated rings. The molecule has 0 saturated heterocycles. The van der Waals surface area contributed by atoms with E-state index in [0.717, 1.165) is 5.56 Å². The standard InChI is InChI=1S/C20H23BrN2O3/c1-14(2)13-26-18-10-9-16(12-17(18)21)20(25)23-22-19(24)11-8-15-6-4-3-5-7-15/h3-7,9-10,12,14H,8,11,13H2,1-2H3,(H,22,24)(H,23,25). The zero-order valence-corrected chi connectivity index (χ0v) is 16.5. The summed E-state index contributed by atoms with van der Waals surface area (Å²) in [6.07, 6.45) is 0.923. The zero-order valence-electron chi connectivity index (χ0n) is 14.9. The predicted octanol–water partition coefficient (Wildman–Crippen LogP) is 3.88. The number of hydrogen-bond acceptors (Lipinski definition) is 3. The number of halogens is 1. The van der Waals surface area contributed by atoms with E-state index in [2.05, 4.69) is 40.6 Å². The molecule has 0 heterocycles. The smallest absolute Gasteiger partial charge is 0.269 e. The Bertz CT molecular complexity index is 748. The summed E-state index contributed by atoms with van der Waals surface area (Å²) in [6, 6.07) is 14.8. The first-order chi connectivity index (χ1) is 12.5. The molecule has 138 valence electrons. The number of carbonyl (C=O) groups is 2. The van der Waals surface area contributed by atoms with Gasteiger partial charge in [-0.25, -0.2) is 0 Å². The zero-order chi connectivity index (χ0) is 18.9. The molecule has 0 unspecified atom stereocenters. The molecule has 0 saturated carbocycles. The fourth-order valence-electron chi connectivity index (χ4n) is 2.18. The maximum absolute atomic E-state index is 12.2. The van der Waals surface area contributed by atoms with Crippen molar-refractivity contribution in [2.24, 2.45) is 5.92 Å². The van der Waals surface area contributed by atoms with Gasteiger partial charge in [0, 0.05) is 12.0 Å². The van der Waals surface area contributed by atoms with Gasteiger partial charge in [0.15, 0.2) is 0 Å². The van der Waals surface area contributed by atoms with Gasteiger partial charge in [0.2, 0.25) is 5.91 Å². The Morgan fingerprint density at radius 1 is 1.08 bits per heavy atom. The van der Waals surface area contributed by atoms with Crippen LogP contribution in [0.15, 0.2) is 53.0 Å². The predicted molar refractivity (Wildman–Crippen MR) is 105 cm³/mol. The van der Waals surface area contributed by atoms with Crippen LogP contribution in [0.2, 0.25) is 0 Å². The van der Waals surface area contributed by atoms with Crippen molar-refractivity contribution in [1.29, 1.82) is 0 Å². The van der Waals surface area contributed by atoms with Gasteiger partial charge in [-0.2, -0.15) is 0 Å². The number of nitrogens with one attached hydrogen (secondary N) is 2. The fraction of sp³-hybridized carbons (Fsp3) is 0.300. The van der Waals surface area contributed by atoms with Crippen molar-refractivity contribution in [3.63, 3.8) is 0 Å². The van der Waals surface area contributed by atoms with Gasteiger partial charge in [0.05, 0.1) is 11.1 Å². The van der Waals surface area contributed by atoms with Crippen LogP contribution in [0.25, 0.3) is 0 Å². The second kappa shape index (κ2) is 9.97. The highest BCUT2D eigenvalue weighted by Gasteiger charge is 2.11. The molecule has 0 spiro atoms. The number of hydrogen-bond donors (Lipinski definition) is 2. The molecule has 0 bridgehead atoms. The first-order valence-electron chi connectivity index (χ1n) is 8.51. The molecule has 2 aromatic rings. The van der Waals surface area contributed by atoms with Crippen molar-refractivity contribution in [3.8, 4) is 5.75 Å². The summed E-state index contributed by atoms with van der Waals surface area (Å²) < 4.78 is 6.35. The minimum atomic E-state index is -0.380. The van der Waals surface area contributed by atoms with E-state index in [1.54, 1.807) is 18.2 Å². The van der Waals surface area contributed by atoms with Gasteiger partial charge < -0.3 is 4.74 Å². The Labute approximate surface area is 162 Å². The monoisotopic (exact) mass is 418 g/mol. The van der Waals surface area contributed by atoms with E-state index >= 15 is 0 Å². The third-order valence-corrected chi connectivity index (χ3v) is 4.18. The Morgan fingerprint density at radius 3 is 2.46 bits per heavy atom. The molecule has 0 atom stereocenters. The molecule has 0 aromatic heterocycles. The van der Waals surface area contributed by atoms with E-state index in [4.69, 9.17) is 4.74 Å². The molecule has 5 nitrogen and oxygen atoms in total. The van der Waals surface area contributed by atoms with Crippen molar-refractivity contribution in [2.75, 3.05) is 6.61 Å². The molecule has 0 aliphatic carbocycles. The molecule has 2 rings (SSSR count). The van der Waals surface area contributed by atoms with Crippen LogP contribution in [-0.4, -0.2) is 18.4 Å². The molecule has 6 heteroatoms. The second-order valence-corrected chi connectivity index (χ2v) is 7.19. The number of carbonyl (C=O) groups excluding carboxylic acids is 2. The van der Waals surface area contributed by atoms with Crippen LogP contribution >= 0.6 is 15.9 Å². The molecule has 0 radical (unpaired) electrons. The fourth-order valence-corrected chi connectivity index (χ4v) is 2.67. The van der Waals surface area contributed by atoms with Gasteiger partial charge in [-0.3, -0.25) is 20.4 Å². The summed E-state index contributed by atoms with van der Waals surface area (Å²) in [5.74, 6) is 0.477. The van der Waals surface area contributed by atoms with Crippen LogP contribution < -0.4 is 15.6 Å². The lowest BCUT2D eigenvalue weighted by Crippen LogP contribution is -2.41. The van der Waals surface area contributed by atoms with E-state index in [-0.39, 0.29) is 11.8 Å². The molecular weight excluding hydrogens is 396 g/mol. The average molecular weight is 419 g/mol. The van der Waals surface area contributed by atoms with Crippen molar-refractivity contribution in [1.82, 2.24) is 10.9 Å². The highest BCUT2D eigenvalue weighted by atomic mass is 79.9. The number of ether oxygens (including phenoxy) is 1. The molecule has 2 aromatic carbocycles. The lowest BCUT2D eigenvalue weighted by atomic mass is 10.1. The van der Waals surface area contributed by atoms with E-state index < -0.39 is 0 Å². The minimum absolute atomic E-state index is 0.238. The third-order valence-electron chi connectivity index (χ3n) is 3.57. The average Bonchev–Trinajstić information content (AvgIpc) is 2.64. The number of rotatable bonds is 7. The van der Waals surface area contributed by atoms with Gasteiger partial charge in [-0.05, 0) is 52.0 Å². The Kier molecular flexibility index (Phi) is 7.66. The maximum Gasteiger partial charge on any atom is 0.269 e. The van der Waals surface area contributed by atoms with Crippen molar-refractivity contribution >= 4 is 27.7 Å². The quantitative estimate of drug-likeness (QED) is 0.670. The van der Waals surface area contributed by atoms with Crippen molar-refractivity contribution < 1.29 is 14.3 Å². The van der Waals surface area contributed by atoms with E-state index in [0.29, 0.717) is 41.2 Å². The number of hydrazine groups is 1. The number of amides is 2. The van der Waals surface area contributed by atoms with Gasteiger partial charge in [0.1, 0.15) is 5.75 Å². The Balaban J connectivity index is 1.81. The Morgan fingerprint density at radius 2 is 1.81 bits per heavy atom. The third kappa shape index (κ3) is 6.52. The number of benzene rings is 2. The van der Waals surface area contributed by atoms with E-state index in [1.807, 2.05) is 30.3 Å². The molecule has 26 heavy (non-hydrogen) atoms. The SMILES string of the molecule is CC(C)COc1ccc(C(=O)NNC(=O)CCc2ccccc2)cc1Br. The van der Waals surface area contributed by atoms with Gasteiger partial charge in [0.25, 0.3) is 5.91 Å². The summed E-state index contributed by atoms with van der Waals surface area (Å²) in [5.41, 5.74) is 6.38. The molecule has 2 amide bonds. The van der Waals surface area contributed by atoms with Crippen molar-refractivity contribution in [3.05, 3.63) is 64.1 Å². The molecule has 0 aliphatic rings. The molecule has 2 N–H and O–H groups in total. The summed E-state index contributed by atoms with van der Waals surface area (Å²) in [7, 11) is 0. The summed E-state index contributed by atoms with van der Waals surface area (Å²) >= 11 is 3.40. The lowest BCUT2D eigenvalue weighted by molar-refractivity contribution is -0.121. The first kappa shape index (κ1) is 20.0. The minimum Gasteiger partial charge on any atom is -0.492 e. The maximum atomic E-state index is 12.2. The molecular formula is C20H23BrN2O3. The largest absolute Gasteiger partial charge is 0.492 e. The number of aryl methyl sites for hydroxylation is 1. The van der Waals surface area contributed by atoms with Crippen LogP contribution in [0.1, 0.15) is 36.2 Å². The summed E-state index contributed by atoms with van der Waals surface area (Å²) in [6.45, 7) is 4.73. The first-order valence-corrected chi connectivity index (χ1v) is 9.30. The van der Waals surface area contributed by atoms with E-state index in [9.17, 15) is 9.59 Å². The normalized spacial score (nSPS) is 10.5. The Hall–Kier alpha value is -2.34. The van der Waals surface area contributed by atoms with Gasteiger partial charge >= 0.3 is 0 Å². The van der Waals surface area contributed by atoms with Crippen LogP contribution in [0.5, 0.6) is 5.75 Å². The lowest BCUT2D eigenvalue weighted by Gasteiger charge is -2.12. The highest BCUT2D eigenvalue weighted by molar-refractivity contribution is 9.10. The summed E-state index contributed by atoms with van der Waals surface area (Å²) in [4.78, 5) is 24.0. The van der Waals surface area contributed by atoms with Crippen LogP contribution in [-0.2, 0) is 11.2 Å². The summed E-state index contributed by atoms with van der Waals surface area (Å²) in [5, 5.41) is 0. The highest BCUT2D eigenvalue weighted by Crippen LogP contribution is 2.26. The van der Waals surface area contributed by atoms with E-state index in [1.165, 1.54) is 0 Å². The topological polar surface area (TPSA) is 67.4 Å². The van der Waals surface area contributed by atoms with Crippen LogP contribution in [0, 0.1) is 5.92 Å². The van der Waals surface area contributed by atoms with Crippen molar-refractivity contribution in [2.45, 2.75) is 26.7 Å². The van der Waals surface area contributed by atoms with Gasteiger partial charge in [-0.1, -0.05) is 44.2 Å². The van der Waals surface area contributed by atoms with Gasteiger partial charge in [-0.15, -0.1) is 0 Å². The van der Waals surface area contributed by atoms with Crippen LogP contribution in [0.3, 0.4) is 0 Å². The molecule has 0 aliphatic heterocycles.